The standard InChI is InChI=1S/C20H24N2O7/c23-14(15-7-4-10-29-15)9-8-13-17(18(25)22(13)19(26)20(27)28)21-16(24)11-12-5-2-1-3-6-12/h1-3,5-6,13,15,17,19,26H,4,7-11H2,(H,21,24)(H,27,28)/t13-,15+,17+,19?/m1/s1. The molecule has 0 aromatic heterocycles. The summed E-state index contributed by atoms with van der Waals surface area (Å²) in [7, 11) is 0. The number of rotatable bonds is 9. The first-order valence-corrected chi connectivity index (χ1v) is 9.59. The lowest BCUT2D eigenvalue weighted by molar-refractivity contribution is -0.184. The van der Waals surface area contributed by atoms with E-state index in [0.717, 1.165) is 16.9 Å². The van der Waals surface area contributed by atoms with Gasteiger partial charge in [0.1, 0.15) is 12.1 Å². The minimum absolute atomic E-state index is 0.0632. The van der Waals surface area contributed by atoms with Gasteiger partial charge in [0.05, 0.1) is 12.5 Å². The molecule has 2 fully saturated rings. The van der Waals surface area contributed by atoms with Crippen LogP contribution in [0, 0.1) is 0 Å². The summed E-state index contributed by atoms with van der Waals surface area (Å²) < 4.78 is 5.35. The average molecular weight is 404 g/mol. The van der Waals surface area contributed by atoms with Crippen molar-refractivity contribution in [3.8, 4) is 0 Å². The molecule has 29 heavy (non-hydrogen) atoms. The number of amides is 2. The van der Waals surface area contributed by atoms with Crippen LogP contribution in [0.15, 0.2) is 30.3 Å². The second kappa shape index (κ2) is 9.15. The summed E-state index contributed by atoms with van der Waals surface area (Å²) in [5.74, 6) is -2.77. The van der Waals surface area contributed by atoms with Gasteiger partial charge in [-0.2, -0.15) is 0 Å². The maximum absolute atomic E-state index is 12.4. The van der Waals surface area contributed by atoms with Crippen molar-refractivity contribution in [2.75, 3.05) is 6.61 Å². The largest absolute Gasteiger partial charge is 0.478 e. The van der Waals surface area contributed by atoms with Crippen molar-refractivity contribution < 1.29 is 34.1 Å². The van der Waals surface area contributed by atoms with E-state index in [1.54, 1.807) is 24.3 Å². The van der Waals surface area contributed by atoms with Crippen molar-refractivity contribution in [3.05, 3.63) is 35.9 Å². The Kier molecular flexibility index (Phi) is 6.60. The Morgan fingerprint density at radius 3 is 2.59 bits per heavy atom. The van der Waals surface area contributed by atoms with E-state index in [1.165, 1.54) is 0 Å². The number of carboxylic acid groups (broad SMARTS) is 1. The maximum Gasteiger partial charge on any atom is 0.354 e. The lowest BCUT2D eigenvalue weighted by Crippen LogP contribution is -2.74. The number of aliphatic carboxylic acids is 1. The zero-order valence-electron chi connectivity index (χ0n) is 15.8. The number of nitrogens with one attached hydrogen (secondary N) is 1. The van der Waals surface area contributed by atoms with Crippen LogP contribution in [0.3, 0.4) is 0 Å². The van der Waals surface area contributed by atoms with E-state index in [9.17, 15) is 24.3 Å². The van der Waals surface area contributed by atoms with E-state index in [4.69, 9.17) is 9.84 Å². The average Bonchev–Trinajstić information content (AvgIpc) is 3.24. The molecular weight excluding hydrogens is 380 g/mol. The number of ketones is 1. The van der Waals surface area contributed by atoms with Gasteiger partial charge in [0.2, 0.25) is 18.0 Å². The molecule has 9 nitrogen and oxygen atoms in total. The molecule has 3 N–H and O–H groups in total. The normalized spacial score (nSPS) is 24.7. The van der Waals surface area contributed by atoms with Crippen LogP contribution in [-0.4, -0.2) is 69.7 Å². The topological polar surface area (TPSA) is 133 Å². The van der Waals surface area contributed by atoms with E-state index in [1.807, 2.05) is 6.07 Å². The third-order valence-corrected chi connectivity index (χ3v) is 5.25. The number of carbonyl (C=O) groups is 4. The Morgan fingerprint density at radius 2 is 1.97 bits per heavy atom. The van der Waals surface area contributed by atoms with Crippen LogP contribution in [0.1, 0.15) is 31.2 Å². The monoisotopic (exact) mass is 404 g/mol. The fraction of sp³-hybridized carbons (Fsp3) is 0.500. The van der Waals surface area contributed by atoms with Gasteiger partial charge in [-0.15, -0.1) is 0 Å². The molecule has 4 atom stereocenters. The Hall–Kier alpha value is -2.78. The number of benzene rings is 1. The second-order valence-corrected chi connectivity index (χ2v) is 7.24. The van der Waals surface area contributed by atoms with Gasteiger partial charge in [-0.05, 0) is 24.8 Å². The Balaban J connectivity index is 1.63. The molecule has 2 heterocycles. The third-order valence-electron chi connectivity index (χ3n) is 5.25. The molecule has 1 unspecified atom stereocenters. The number of Topliss-reactive ketones (excluding diaryl/α,β-unsaturated/α-hetero) is 1. The third kappa shape index (κ3) is 4.80. The lowest BCUT2D eigenvalue weighted by Gasteiger charge is -2.48. The quantitative estimate of drug-likeness (QED) is 0.488. The number of ether oxygens (including phenoxy) is 1. The highest BCUT2D eigenvalue weighted by Crippen LogP contribution is 2.28. The molecule has 0 saturated carbocycles. The van der Waals surface area contributed by atoms with Gasteiger partial charge in [0.15, 0.2) is 5.78 Å². The van der Waals surface area contributed by atoms with Crippen LogP contribution < -0.4 is 5.32 Å². The highest BCUT2D eigenvalue weighted by molar-refractivity contribution is 5.96. The predicted molar refractivity (Wildman–Crippen MR) is 99.6 cm³/mol. The van der Waals surface area contributed by atoms with E-state index < -0.39 is 42.2 Å². The van der Waals surface area contributed by atoms with Gasteiger partial charge in [0, 0.05) is 13.0 Å². The van der Waals surface area contributed by atoms with E-state index in [0.29, 0.717) is 13.0 Å². The summed E-state index contributed by atoms with van der Waals surface area (Å²) in [5.41, 5.74) is 0.768. The van der Waals surface area contributed by atoms with Gasteiger partial charge in [-0.3, -0.25) is 19.3 Å². The number of nitrogens with zero attached hydrogens (tertiary/aromatic N) is 1. The van der Waals surface area contributed by atoms with Gasteiger partial charge >= 0.3 is 5.97 Å². The molecule has 0 spiro atoms. The minimum atomic E-state index is -2.02. The van der Waals surface area contributed by atoms with E-state index in [2.05, 4.69) is 5.32 Å². The molecule has 0 bridgehead atoms. The number of hydrogen-bond acceptors (Lipinski definition) is 6. The Bertz CT molecular complexity index is 776. The zero-order chi connectivity index (χ0) is 21.0. The molecule has 0 aliphatic carbocycles. The van der Waals surface area contributed by atoms with Crippen LogP contribution in [0.5, 0.6) is 0 Å². The lowest BCUT2D eigenvalue weighted by atomic mass is 9.88. The predicted octanol–water partition coefficient (Wildman–Crippen LogP) is -0.144. The van der Waals surface area contributed by atoms with Gasteiger partial charge in [-0.1, -0.05) is 30.3 Å². The fourth-order valence-electron chi connectivity index (χ4n) is 3.74. The highest BCUT2D eigenvalue weighted by atomic mass is 16.5. The molecule has 1 aromatic carbocycles. The first-order valence-electron chi connectivity index (χ1n) is 9.59. The molecule has 9 heteroatoms. The van der Waals surface area contributed by atoms with Crippen molar-refractivity contribution >= 4 is 23.6 Å². The number of β-lactam (4-membered cyclic amide) rings is 1. The molecule has 2 saturated heterocycles. The smallest absolute Gasteiger partial charge is 0.354 e. The molecule has 1 aromatic rings. The molecule has 2 aliphatic heterocycles. The Labute approximate surface area is 167 Å². The van der Waals surface area contributed by atoms with E-state index in [-0.39, 0.29) is 25.0 Å². The highest BCUT2D eigenvalue weighted by Gasteiger charge is 2.52. The summed E-state index contributed by atoms with van der Waals surface area (Å²) in [6.07, 6.45) is -0.793. The molecule has 2 amide bonds. The molecule has 3 rings (SSSR count). The molecule has 2 aliphatic rings. The van der Waals surface area contributed by atoms with Crippen molar-refractivity contribution in [2.45, 2.75) is 56.5 Å². The first-order chi connectivity index (χ1) is 13.9. The summed E-state index contributed by atoms with van der Waals surface area (Å²) in [6.45, 7) is 0.528. The Morgan fingerprint density at radius 1 is 1.24 bits per heavy atom. The van der Waals surface area contributed by atoms with Crippen molar-refractivity contribution in [3.63, 3.8) is 0 Å². The van der Waals surface area contributed by atoms with Gasteiger partial charge in [-0.25, -0.2) is 4.79 Å². The van der Waals surface area contributed by atoms with Crippen molar-refractivity contribution in [1.29, 1.82) is 0 Å². The second-order valence-electron chi connectivity index (χ2n) is 7.24. The number of likely N-dealkylation sites (tertiary alicyclic amines) is 1. The van der Waals surface area contributed by atoms with Gasteiger partial charge in [0.25, 0.3) is 0 Å². The van der Waals surface area contributed by atoms with Crippen LogP contribution in [0.25, 0.3) is 0 Å². The van der Waals surface area contributed by atoms with Crippen LogP contribution >= 0.6 is 0 Å². The number of aliphatic hydroxyl groups excluding tert-OH is 1. The zero-order valence-corrected chi connectivity index (χ0v) is 15.8. The molecular formula is C20H24N2O7. The summed E-state index contributed by atoms with van der Waals surface area (Å²) in [4.78, 5) is 48.9. The maximum atomic E-state index is 12.4. The van der Waals surface area contributed by atoms with E-state index >= 15 is 0 Å². The summed E-state index contributed by atoms with van der Waals surface area (Å²) >= 11 is 0. The summed E-state index contributed by atoms with van der Waals surface area (Å²) in [5, 5.41) is 21.5. The minimum Gasteiger partial charge on any atom is -0.478 e. The molecule has 0 radical (unpaired) electrons. The van der Waals surface area contributed by atoms with Crippen LogP contribution in [0.2, 0.25) is 0 Å². The van der Waals surface area contributed by atoms with Crippen LogP contribution in [0.4, 0.5) is 0 Å². The molecule has 156 valence electrons. The van der Waals surface area contributed by atoms with Crippen LogP contribution in [-0.2, 0) is 30.3 Å². The van der Waals surface area contributed by atoms with Gasteiger partial charge < -0.3 is 20.3 Å². The number of hydrogen-bond donors (Lipinski definition) is 3. The SMILES string of the molecule is O=C(Cc1ccccc1)N[C@@H]1C(=O)N(C(O)C(=O)O)[C@@H]1CCC(=O)[C@@H]1CCCO1. The number of aliphatic hydroxyl groups is 1. The first kappa shape index (κ1) is 20.9. The number of carboxylic acids is 1. The number of carbonyl (C=O) groups excluding carboxylic acids is 3. The van der Waals surface area contributed by atoms with Crippen molar-refractivity contribution in [1.82, 2.24) is 10.2 Å². The van der Waals surface area contributed by atoms with Crippen molar-refractivity contribution in [2.24, 2.45) is 0 Å². The summed E-state index contributed by atoms with van der Waals surface area (Å²) in [6, 6.07) is 7.21. The fourth-order valence-corrected chi connectivity index (χ4v) is 3.74.